The minimum Gasteiger partial charge on any atom is -0.492 e. The molecule has 0 atom stereocenters. The fraction of sp³-hybridized carbons (Fsp3) is 0.231. The third-order valence-corrected chi connectivity index (χ3v) is 5.11. The first kappa shape index (κ1) is 22.4. The average molecular weight is 445 g/mol. The van der Waals surface area contributed by atoms with Gasteiger partial charge in [-0.25, -0.2) is 4.68 Å². The molecule has 0 fully saturated rings. The minimum atomic E-state index is -0.222. The molecule has 0 spiro atoms. The normalized spacial score (nSPS) is 11.0. The van der Waals surface area contributed by atoms with Crippen LogP contribution in [0.4, 0.5) is 0 Å². The van der Waals surface area contributed by atoms with Gasteiger partial charge in [-0.3, -0.25) is 4.79 Å². The lowest BCUT2D eigenvalue weighted by molar-refractivity contribution is 0.0951. The number of benzene rings is 2. The van der Waals surface area contributed by atoms with Crippen LogP contribution in [0.15, 0.2) is 77.3 Å². The van der Waals surface area contributed by atoms with Crippen molar-refractivity contribution in [2.75, 3.05) is 27.2 Å². The summed E-state index contributed by atoms with van der Waals surface area (Å²) < 4.78 is 13.3. The molecule has 2 aromatic heterocycles. The van der Waals surface area contributed by atoms with E-state index in [4.69, 9.17) is 9.15 Å². The monoisotopic (exact) mass is 444 g/mol. The van der Waals surface area contributed by atoms with E-state index in [-0.39, 0.29) is 5.91 Å². The number of carbonyl (C=O) groups excluding carboxylic acids is 1. The Morgan fingerprint density at radius 3 is 2.64 bits per heavy atom. The number of nitrogens with one attached hydrogen (secondary N) is 1. The van der Waals surface area contributed by atoms with E-state index < -0.39 is 0 Å². The van der Waals surface area contributed by atoms with Crippen LogP contribution in [-0.2, 0) is 6.54 Å². The van der Waals surface area contributed by atoms with Gasteiger partial charge < -0.3 is 19.4 Å². The zero-order valence-electron chi connectivity index (χ0n) is 19.1. The smallest absolute Gasteiger partial charge is 0.255 e. The summed E-state index contributed by atoms with van der Waals surface area (Å²) >= 11 is 0. The minimum absolute atomic E-state index is 0.222. The summed E-state index contributed by atoms with van der Waals surface area (Å²) in [5, 5.41) is 7.64. The molecule has 4 rings (SSSR count). The fourth-order valence-electron chi connectivity index (χ4n) is 3.37. The highest BCUT2D eigenvalue weighted by Gasteiger charge is 2.21. The average Bonchev–Trinajstić information content (AvgIpc) is 3.45. The van der Waals surface area contributed by atoms with Gasteiger partial charge in [-0.05, 0) is 63.0 Å². The van der Waals surface area contributed by atoms with E-state index in [1.54, 1.807) is 10.9 Å². The maximum atomic E-state index is 13.2. The zero-order valence-corrected chi connectivity index (χ0v) is 19.1. The number of aromatic nitrogens is 2. The number of furan rings is 1. The van der Waals surface area contributed by atoms with E-state index in [1.165, 1.54) is 0 Å². The summed E-state index contributed by atoms with van der Waals surface area (Å²) in [7, 11) is 4.01. The van der Waals surface area contributed by atoms with Crippen molar-refractivity contribution >= 4 is 5.91 Å². The van der Waals surface area contributed by atoms with Crippen molar-refractivity contribution < 1.29 is 13.9 Å². The van der Waals surface area contributed by atoms with E-state index in [1.807, 2.05) is 87.7 Å². The van der Waals surface area contributed by atoms with Crippen molar-refractivity contribution in [3.05, 3.63) is 89.8 Å². The molecule has 1 amide bonds. The SMILES string of the molecule is Cc1ccc(-c2nn(-c3ccccc3)cc2C(=O)NCc2cccc(OCCN(C)C)c2)o1. The standard InChI is InChI=1S/C26H28N4O3/c1-19-12-13-24(33-19)25-23(18-30(28-25)21-9-5-4-6-10-21)26(31)27-17-20-8-7-11-22(16-20)32-15-14-29(2)3/h4-13,16,18H,14-15,17H2,1-3H3,(H,27,31). The molecule has 2 heterocycles. The van der Waals surface area contributed by atoms with Gasteiger partial charge in [0.05, 0.1) is 11.3 Å². The Hall–Kier alpha value is -3.84. The van der Waals surface area contributed by atoms with Gasteiger partial charge in [-0.1, -0.05) is 30.3 Å². The molecule has 4 aromatic rings. The maximum absolute atomic E-state index is 13.2. The number of carbonyl (C=O) groups is 1. The van der Waals surface area contributed by atoms with Crippen LogP contribution in [0.25, 0.3) is 17.1 Å². The number of aryl methyl sites for hydroxylation is 1. The van der Waals surface area contributed by atoms with Crippen LogP contribution in [-0.4, -0.2) is 47.8 Å². The van der Waals surface area contributed by atoms with Crippen LogP contribution in [0.3, 0.4) is 0 Å². The summed E-state index contributed by atoms with van der Waals surface area (Å²) in [6.07, 6.45) is 1.73. The number of para-hydroxylation sites is 1. The highest BCUT2D eigenvalue weighted by Crippen LogP contribution is 2.26. The molecule has 0 saturated heterocycles. The zero-order chi connectivity index (χ0) is 23.2. The van der Waals surface area contributed by atoms with Crippen molar-refractivity contribution in [2.45, 2.75) is 13.5 Å². The first-order chi connectivity index (χ1) is 16.0. The van der Waals surface area contributed by atoms with Gasteiger partial charge in [0, 0.05) is 19.3 Å². The summed E-state index contributed by atoms with van der Waals surface area (Å²) in [6, 6.07) is 21.1. The van der Waals surface area contributed by atoms with Crippen molar-refractivity contribution in [3.63, 3.8) is 0 Å². The van der Waals surface area contributed by atoms with E-state index in [0.29, 0.717) is 30.2 Å². The lowest BCUT2D eigenvalue weighted by Crippen LogP contribution is -2.23. The van der Waals surface area contributed by atoms with E-state index in [2.05, 4.69) is 15.3 Å². The Labute approximate surface area is 193 Å². The van der Waals surface area contributed by atoms with Crippen molar-refractivity contribution in [1.82, 2.24) is 20.0 Å². The number of nitrogens with zero attached hydrogens (tertiary/aromatic N) is 3. The Balaban J connectivity index is 1.51. The molecular formula is C26H28N4O3. The molecule has 33 heavy (non-hydrogen) atoms. The molecule has 0 aliphatic rings. The van der Waals surface area contributed by atoms with Crippen molar-refractivity contribution in [1.29, 1.82) is 0 Å². The Bertz CT molecular complexity index is 1210. The third-order valence-electron chi connectivity index (χ3n) is 5.11. The second-order valence-corrected chi connectivity index (χ2v) is 8.06. The first-order valence-corrected chi connectivity index (χ1v) is 10.9. The van der Waals surface area contributed by atoms with E-state index >= 15 is 0 Å². The largest absolute Gasteiger partial charge is 0.492 e. The van der Waals surface area contributed by atoms with Crippen molar-refractivity contribution in [2.24, 2.45) is 0 Å². The van der Waals surface area contributed by atoms with Gasteiger partial charge in [0.1, 0.15) is 23.8 Å². The van der Waals surface area contributed by atoms with E-state index in [9.17, 15) is 4.79 Å². The molecule has 2 aromatic carbocycles. The predicted octanol–water partition coefficient (Wildman–Crippen LogP) is 4.31. The molecule has 170 valence electrons. The first-order valence-electron chi connectivity index (χ1n) is 10.9. The molecule has 0 unspecified atom stereocenters. The maximum Gasteiger partial charge on any atom is 0.255 e. The highest BCUT2D eigenvalue weighted by molar-refractivity contribution is 5.99. The van der Waals surface area contributed by atoms with Gasteiger partial charge in [-0.15, -0.1) is 0 Å². The van der Waals surface area contributed by atoms with Gasteiger partial charge >= 0.3 is 0 Å². The third kappa shape index (κ3) is 5.70. The number of hydrogen-bond acceptors (Lipinski definition) is 5. The van der Waals surface area contributed by atoms with Gasteiger partial charge in [-0.2, -0.15) is 5.10 Å². The van der Waals surface area contributed by atoms with Crippen LogP contribution in [0.2, 0.25) is 0 Å². The van der Waals surface area contributed by atoms with Crippen LogP contribution >= 0.6 is 0 Å². The Kier molecular flexibility index (Phi) is 6.90. The fourth-order valence-corrected chi connectivity index (χ4v) is 3.37. The van der Waals surface area contributed by atoms with Gasteiger partial charge in [0.15, 0.2) is 5.76 Å². The second kappa shape index (κ2) is 10.2. The molecule has 7 nitrogen and oxygen atoms in total. The predicted molar refractivity (Wildman–Crippen MR) is 128 cm³/mol. The molecule has 7 heteroatoms. The summed E-state index contributed by atoms with van der Waals surface area (Å²) in [5.41, 5.74) is 2.78. The van der Waals surface area contributed by atoms with Crippen LogP contribution < -0.4 is 10.1 Å². The number of hydrogen-bond donors (Lipinski definition) is 1. The summed E-state index contributed by atoms with van der Waals surface area (Å²) in [5.74, 6) is 1.88. The number of rotatable bonds is 9. The van der Waals surface area contributed by atoms with Gasteiger partial charge in [0.25, 0.3) is 5.91 Å². The molecule has 0 radical (unpaired) electrons. The summed E-state index contributed by atoms with van der Waals surface area (Å²) in [4.78, 5) is 15.2. The quantitative estimate of drug-likeness (QED) is 0.416. The Morgan fingerprint density at radius 1 is 1.09 bits per heavy atom. The molecule has 0 aliphatic heterocycles. The number of ether oxygens (including phenoxy) is 1. The molecule has 0 bridgehead atoms. The lowest BCUT2D eigenvalue weighted by Gasteiger charge is -2.12. The molecule has 0 aliphatic carbocycles. The molecule has 0 saturated carbocycles. The summed E-state index contributed by atoms with van der Waals surface area (Å²) in [6.45, 7) is 3.68. The Morgan fingerprint density at radius 2 is 1.91 bits per heavy atom. The van der Waals surface area contributed by atoms with Crippen LogP contribution in [0.1, 0.15) is 21.7 Å². The number of amides is 1. The van der Waals surface area contributed by atoms with E-state index in [0.717, 1.165) is 29.3 Å². The number of likely N-dealkylation sites (N-methyl/N-ethyl adjacent to an activating group) is 1. The topological polar surface area (TPSA) is 72.5 Å². The molecule has 1 N–H and O–H groups in total. The van der Waals surface area contributed by atoms with Crippen LogP contribution in [0.5, 0.6) is 5.75 Å². The highest BCUT2D eigenvalue weighted by atomic mass is 16.5. The lowest BCUT2D eigenvalue weighted by atomic mass is 10.1. The van der Waals surface area contributed by atoms with Crippen LogP contribution in [0, 0.1) is 6.92 Å². The second-order valence-electron chi connectivity index (χ2n) is 8.06. The van der Waals surface area contributed by atoms with Gasteiger partial charge in [0.2, 0.25) is 0 Å². The molecular weight excluding hydrogens is 416 g/mol. The van der Waals surface area contributed by atoms with Crippen molar-refractivity contribution in [3.8, 4) is 22.9 Å².